The van der Waals surface area contributed by atoms with Crippen molar-refractivity contribution in [1.29, 1.82) is 0 Å². The molecule has 0 spiro atoms. The second-order valence-electron chi connectivity index (χ2n) is 8.27. The minimum atomic E-state index is 0.138. The minimum absolute atomic E-state index is 0.138. The molecule has 0 radical (unpaired) electrons. The number of fused-ring (bicyclic) bond motifs is 3. The molecule has 4 unspecified atom stereocenters. The van der Waals surface area contributed by atoms with Crippen LogP contribution in [-0.2, 0) is 0 Å². The third-order valence-corrected chi connectivity index (χ3v) is 6.32. The van der Waals surface area contributed by atoms with Crippen LogP contribution in [0.2, 0.25) is 0 Å². The van der Waals surface area contributed by atoms with Crippen molar-refractivity contribution in [3.63, 3.8) is 0 Å². The Bertz CT molecular complexity index is 723. The van der Waals surface area contributed by atoms with Gasteiger partial charge >= 0.3 is 0 Å². The highest BCUT2D eigenvalue weighted by Gasteiger charge is 2.47. The number of para-hydroxylation sites is 1. The van der Waals surface area contributed by atoms with Gasteiger partial charge in [-0.25, -0.2) is 0 Å². The van der Waals surface area contributed by atoms with Crippen LogP contribution < -0.4 is 4.74 Å². The van der Waals surface area contributed by atoms with Crippen molar-refractivity contribution in [2.45, 2.75) is 65.0 Å². The molecule has 0 aromatic heterocycles. The van der Waals surface area contributed by atoms with Gasteiger partial charge in [-0.15, -0.1) is 0 Å². The van der Waals surface area contributed by atoms with Crippen molar-refractivity contribution in [2.24, 2.45) is 5.41 Å². The maximum absolute atomic E-state index is 13.3. The topological polar surface area (TPSA) is 29.5 Å². The third-order valence-electron chi connectivity index (χ3n) is 6.32. The summed E-state index contributed by atoms with van der Waals surface area (Å²) in [6, 6.07) is 6.38. The second-order valence-corrected chi connectivity index (χ2v) is 8.27. The summed E-state index contributed by atoms with van der Waals surface area (Å²) in [6.07, 6.45) is 5.66. The maximum atomic E-state index is 13.3. The van der Waals surface area contributed by atoms with Crippen LogP contribution >= 0.6 is 0 Å². The molecule has 128 valence electrons. The molecule has 3 aliphatic rings. The van der Waals surface area contributed by atoms with Crippen molar-refractivity contribution >= 4 is 5.91 Å². The lowest BCUT2D eigenvalue weighted by atomic mass is 9.75. The Morgan fingerprint density at radius 1 is 1.38 bits per heavy atom. The van der Waals surface area contributed by atoms with E-state index in [-0.39, 0.29) is 17.4 Å². The zero-order chi connectivity index (χ0) is 17.1. The third kappa shape index (κ3) is 2.28. The number of likely N-dealkylation sites (tertiary alicyclic amines) is 1. The number of benzene rings is 1. The van der Waals surface area contributed by atoms with E-state index in [0.717, 1.165) is 37.1 Å². The molecule has 2 heterocycles. The van der Waals surface area contributed by atoms with Crippen LogP contribution in [0, 0.1) is 5.41 Å². The fourth-order valence-electron chi connectivity index (χ4n) is 4.88. The van der Waals surface area contributed by atoms with Crippen molar-refractivity contribution in [3.8, 4) is 5.75 Å². The number of amides is 1. The highest BCUT2D eigenvalue weighted by atomic mass is 16.5. The van der Waals surface area contributed by atoms with Gasteiger partial charge in [-0.3, -0.25) is 4.79 Å². The Labute approximate surface area is 144 Å². The van der Waals surface area contributed by atoms with Gasteiger partial charge < -0.3 is 9.64 Å². The number of rotatable bonds is 1. The highest BCUT2D eigenvalue weighted by molar-refractivity contribution is 5.98. The quantitative estimate of drug-likeness (QED) is 0.710. The van der Waals surface area contributed by atoms with Gasteiger partial charge in [0.05, 0.1) is 5.56 Å². The van der Waals surface area contributed by atoms with Gasteiger partial charge in [-0.2, -0.15) is 0 Å². The van der Waals surface area contributed by atoms with Gasteiger partial charge in [0.2, 0.25) is 0 Å². The highest BCUT2D eigenvalue weighted by Crippen LogP contribution is 2.48. The normalized spacial score (nSPS) is 35.9. The molecule has 1 aliphatic carbocycles. The lowest BCUT2D eigenvalue weighted by Crippen LogP contribution is -2.35. The van der Waals surface area contributed by atoms with E-state index < -0.39 is 0 Å². The summed E-state index contributed by atoms with van der Waals surface area (Å²) < 4.78 is 6.05. The summed E-state index contributed by atoms with van der Waals surface area (Å²) in [5.41, 5.74) is 3.67. The first kappa shape index (κ1) is 15.7. The molecule has 1 aromatic carbocycles. The van der Waals surface area contributed by atoms with E-state index in [1.807, 2.05) is 12.1 Å². The molecular formula is C21H27NO2. The Balaban J connectivity index is 1.67. The number of carbonyl (C=O) groups excluding carboxylic acids is 1. The summed E-state index contributed by atoms with van der Waals surface area (Å²) in [5, 5.41) is 0. The van der Waals surface area contributed by atoms with E-state index in [4.69, 9.17) is 4.74 Å². The molecule has 1 amide bonds. The molecule has 2 aliphatic heterocycles. The summed E-state index contributed by atoms with van der Waals surface area (Å²) in [4.78, 5) is 15.4. The van der Waals surface area contributed by atoms with Crippen molar-refractivity contribution < 1.29 is 9.53 Å². The number of carbonyl (C=O) groups is 1. The summed E-state index contributed by atoms with van der Waals surface area (Å²) in [7, 11) is 0. The van der Waals surface area contributed by atoms with Gasteiger partial charge in [-0.1, -0.05) is 37.6 Å². The smallest absolute Gasteiger partial charge is 0.257 e. The van der Waals surface area contributed by atoms with Crippen LogP contribution in [0.3, 0.4) is 0 Å². The summed E-state index contributed by atoms with van der Waals surface area (Å²) in [5.74, 6) is 1.32. The Hall–Kier alpha value is -1.77. The monoisotopic (exact) mass is 325 g/mol. The van der Waals surface area contributed by atoms with Gasteiger partial charge in [-0.05, 0) is 44.6 Å². The van der Waals surface area contributed by atoms with Crippen LogP contribution in [0.4, 0.5) is 0 Å². The number of nitrogens with zero attached hydrogens (tertiary/aromatic N) is 1. The summed E-state index contributed by atoms with van der Waals surface area (Å²) in [6.45, 7) is 9.57. The molecule has 3 nitrogen and oxygen atoms in total. The first-order valence-electron chi connectivity index (χ1n) is 9.16. The van der Waals surface area contributed by atoms with Gasteiger partial charge in [0.25, 0.3) is 5.91 Å². The molecule has 4 atom stereocenters. The van der Waals surface area contributed by atoms with E-state index in [1.165, 1.54) is 11.1 Å². The predicted octanol–water partition coefficient (Wildman–Crippen LogP) is 4.53. The van der Waals surface area contributed by atoms with Crippen LogP contribution in [0.1, 0.15) is 68.8 Å². The van der Waals surface area contributed by atoms with Crippen LogP contribution in [0.5, 0.6) is 5.75 Å². The SMILES string of the molecule is C/C=C1/CC2CC(C)(C1)CN2C(=O)c1cccc2c1OC(C)C2C. The zero-order valence-electron chi connectivity index (χ0n) is 15.1. The lowest BCUT2D eigenvalue weighted by Gasteiger charge is -2.29. The molecular weight excluding hydrogens is 298 g/mol. The molecule has 0 N–H and O–H groups in total. The van der Waals surface area contributed by atoms with Gasteiger partial charge in [0, 0.05) is 24.1 Å². The molecule has 4 rings (SSSR count). The average Bonchev–Trinajstić information content (AvgIpc) is 2.99. The average molecular weight is 325 g/mol. The first-order chi connectivity index (χ1) is 11.4. The van der Waals surface area contributed by atoms with Crippen LogP contribution in [0.25, 0.3) is 0 Å². The number of hydrogen-bond acceptors (Lipinski definition) is 2. The maximum Gasteiger partial charge on any atom is 0.257 e. The van der Waals surface area contributed by atoms with Crippen molar-refractivity contribution in [1.82, 2.24) is 4.90 Å². The van der Waals surface area contributed by atoms with Gasteiger partial charge in [0.1, 0.15) is 11.9 Å². The fraction of sp³-hybridized carbons (Fsp3) is 0.571. The molecule has 1 saturated carbocycles. The molecule has 2 fully saturated rings. The Morgan fingerprint density at radius 2 is 2.17 bits per heavy atom. The fourth-order valence-corrected chi connectivity index (χ4v) is 4.88. The number of allylic oxidation sites excluding steroid dienone is 1. The number of ether oxygens (including phenoxy) is 1. The van der Waals surface area contributed by atoms with Crippen molar-refractivity contribution in [3.05, 3.63) is 41.0 Å². The standard InChI is InChI=1S/C21H27NO2/c1-5-15-9-16-11-21(4,10-15)12-22(16)20(23)18-8-6-7-17-13(2)14(3)24-19(17)18/h5-8,13-14,16H,9-12H2,1-4H3/b15-5-. The second kappa shape index (κ2) is 5.37. The minimum Gasteiger partial charge on any atom is -0.489 e. The zero-order valence-corrected chi connectivity index (χ0v) is 15.1. The molecule has 3 heteroatoms. The lowest BCUT2D eigenvalue weighted by molar-refractivity contribution is 0.0727. The molecule has 24 heavy (non-hydrogen) atoms. The Morgan fingerprint density at radius 3 is 2.92 bits per heavy atom. The summed E-state index contributed by atoms with van der Waals surface area (Å²) >= 11 is 0. The largest absolute Gasteiger partial charge is 0.489 e. The first-order valence-corrected chi connectivity index (χ1v) is 9.16. The molecule has 1 aromatic rings. The van der Waals surface area contributed by atoms with Gasteiger partial charge in [0.15, 0.2) is 0 Å². The molecule has 1 saturated heterocycles. The van der Waals surface area contributed by atoms with E-state index >= 15 is 0 Å². The van der Waals surface area contributed by atoms with Crippen LogP contribution in [0.15, 0.2) is 29.8 Å². The Kier molecular flexibility index (Phi) is 3.52. The predicted molar refractivity (Wildman–Crippen MR) is 95.5 cm³/mol. The number of hydrogen-bond donors (Lipinski definition) is 0. The van der Waals surface area contributed by atoms with E-state index in [1.54, 1.807) is 0 Å². The van der Waals surface area contributed by atoms with E-state index in [2.05, 4.69) is 44.7 Å². The molecule has 2 bridgehead atoms. The van der Waals surface area contributed by atoms with E-state index in [0.29, 0.717) is 12.0 Å². The van der Waals surface area contributed by atoms with Crippen molar-refractivity contribution in [2.75, 3.05) is 6.54 Å². The van der Waals surface area contributed by atoms with E-state index in [9.17, 15) is 4.79 Å². The van der Waals surface area contributed by atoms with Crippen LogP contribution in [-0.4, -0.2) is 29.5 Å².